The van der Waals surface area contributed by atoms with E-state index in [1.165, 1.54) is 23.0 Å². The Balaban J connectivity index is 2.00. The number of nitrogens with one attached hydrogen (secondary N) is 1. The lowest BCUT2D eigenvalue weighted by atomic mass is 9.75. The molecule has 0 spiro atoms. The van der Waals surface area contributed by atoms with Crippen molar-refractivity contribution in [2.45, 2.75) is 19.8 Å². The van der Waals surface area contributed by atoms with Crippen molar-refractivity contribution in [3.05, 3.63) is 30.0 Å². The predicted molar refractivity (Wildman–Crippen MR) is 70.0 cm³/mol. The molecule has 0 saturated carbocycles. The molecule has 2 aromatic rings. The largest absolute Gasteiger partial charge is 0.316 e. The minimum Gasteiger partial charge on any atom is -0.316 e. The van der Waals surface area contributed by atoms with Gasteiger partial charge in [0.2, 0.25) is 0 Å². The third-order valence-corrected chi connectivity index (χ3v) is 4.13. The minimum absolute atomic E-state index is 0.442. The van der Waals surface area contributed by atoms with Crippen LogP contribution in [-0.2, 0) is 13.5 Å². The summed E-state index contributed by atoms with van der Waals surface area (Å²) in [6.07, 6.45) is 2.32. The average molecular weight is 229 g/mol. The number of aromatic nitrogens is 2. The number of hydrogen-bond donors (Lipinski definition) is 1. The van der Waals surface area contributed by atoms with E-state index < -0.39 is 0 Å². The zero-order valence-electron chi connectivity index (χ0n) is 10.5. The fourth-order valence-electron chi connectivity index (χ4n) is 2.75. The summed E-state index contributed by atoms with van der Waals surface area (Å²) in [5.41, 5.74) is 2.93. The van der Waals surface area contributed by atoms with Crippen molar-refractivity contribution in [2.75, 3.05) is 13.1 Å². The quantitative estimate of drug-likeness (QED) is 0.873. The Morgan fingerprint density at radius 2 is 2.12 bits per heavy atom. The summed E-state index contributed by atoms with van der Waals surface area (Å²) < 4.78 is 2.00. The summed E-state index contributed by atoms with van der Waals surface area (Å²) >= 11 is 0. The lowest BCUT2D eigenvalue weighted by molar-refractivity contribution is 0.159. The highest BCUT2D eigenvalue weighted by atomic mass is 15.3. The SMILES string of the molecule is CCC1(Cc2nn(C)c3ccccc23)CNC1. The number of aryl methyl sites for hydroxylation is 1. The van der Waals surface area contributed by atoms with Gasteiger partial charge in [-0.05, 0) is 12.5 Å². The van der Waals surface area contributed by atoms with Gasteiger partial charge in [0.15, 0.2) is 0 Å². The molecule has 1 aliphatic rings. The monoisotopic (exact) mass is 229 g/mol. The maximum atomic E-state index is 4.69. The Kier molecular flexibility index (Phi) is 2.44. The second-order valence-corrected chi connectivity index (χ2v) is 5.22. The predicted octanol–water partition coefficient (Wildman–Crippen LogP) is 2.12. The Labute approximate surface area is 102 Å². The van der Waals surface area contributed by atoms with Crippen LogP contribution >= 0.6 is 0 Å². The van der Waals surface area contributed by atoms with Gasteiger partial charge in [-0.15, -0.1) is 0 Å². The number of fused-ring (bicyclic) bond motifs is 1. The van der Waals surface area contributed by atoms with Crippen molar-refractivity contribution in [2.24, 2.45) is 12.5 Å². The van der Waals surface area contributed by atoms with Crippen molar-refractivity contribution in [1.29, 1.82) is 0 Å². The first-order valence-electron chi connectivity index (χ1n) is 6.35. The minimum atomic E-state index is 0.442. The van der Waals surface area contributed by atoms with E-state index in [1.807, 2.05) is 11.7 Å². The van der Waals surface area contributed by atoms with Crippen molar-refractivity contribution in [1.82, 2.24) is 15.1 Å². The van der Waals surface area contributed by atoms with Crippen LogP contribution in [0.5, 0.6) is 0 Å². The molecule has 0 unspecified atom stereocenters. The lowest BCUT2D eigenvalue weighted by Gasteiger charge is -2.41. The molecule has 1 saturated heterocycles. The molecule has 1 aromatic carbocycles. The van der Waals surface area contributed by atoms with E-state index in [2.05, 4.69) is 36.5 Å². The summed E-state index contributed by atoms with van der Waals surface area (Å²) in [6.45, 7) is 4.55. The van der Waals surface area contributed by atoms with E-state index in [9.17, 15) is 0 Å². The fraction of sp³-hybridized carbons (Fsp3) is 0.500. The molecule has 3 heteroatoms. The second-order valence-electron chi connectivity index (χ2n) is 5.22. The van der Waals surface area contributed by atoms with Crippen LogP contribution in [0.4, 0.5) is 0 Å². The third kappa shape index (κ3) is 1.65. The van der Waals surface area contributed by atoms with E-state index >= 15 is 0 Å². The van der Waals surface area contributed by atoms with Crippen LogP contribution in [-0.4, -0.2) is 22.9 Å². The number of benzene rings is 1. The zero-order valence-corrected chi connectivity index (χ0v) is 10.5. The van der Waals surface area contributed by atoms with Gasteiger partial charge in [-0.1, -0.05) is 25.1 Å². The summed E-state index contributed by atoms with van der Waals surface area (Å²) in [4.78, 5) is 0. The lowest BCUT2D eigenvalue weighted by Crippen LogP contribution is -2.54. The normalized spacial score (nSPS) is 18.2. The Morgan fingerprint density at radius 3 is 2.76 bits per heavy atom. The average Bonchev–Trinajstić information content (AvgIpc) is 2.62. The first kappa shape index (κ1) is 10.8. The number of rotatable bonds is 3. The van der Waals surface area contributed by atoms with Crippen LogP contribution in [0.2, 0.25) is 0 Å². The van der Waals surface area contributed by atoms with E-state index in [0.29, 0.717) is 5.41 Å². The van der Waals surface area contributed by atoms with Gasteiger partial charge in [0.1, 0.15) is 0 Å². The van der Waals surface area contributed by atoms with E-state index in [4.69, 9.17) is 5.10 Å². The summed E-state index contributed by atoms with van der Waals surface area (Å²) in [6, 6.07) is 8.51. The Bertz CT molecular complexity index is 532. The molecule has 90 valence electrons. The van der Waals surface area contributed by atoms with Gasteiger partial charge in [0, 0.05) is 37.4 Å². The molecule has 0 amide bonds. The third-order valence-electron chi connectivity index (χ3n) is 4.13. The molecule has 0 atom stereocenters. The van der Waals surface area contributed by atoms with E-state index in [-0.39, 0.29) is 0 Å². The van der Waals surface area contributed by atoms with Gasteiger partial charge in [0.25, 0.3) is 0 Å². The van der Waals surface area contributed by atoms with Crippen molar-refractivity contribution in [3.63, 3.8) is 0 Å². The standard InChI is InChI=1S/C14H19N3/c1-3-14(9-15-10-14)8-12-11-6-4-5-7-13(11)17(2)16-12/h4-7,15H,3,8-10H2,1-2H3. The van der Waals surface area contributed by atoms with Crippen LogP contribution in [0, 0.1) is 5.41 Å². The highest BCUT2D eigenvalue weighted by Crippen LogP contribution is 2.33. The van der Waals surface area contributed by atoms with Crippen molar-refractivity contribution >= 4 is 10.9 Å². The molecule has 17 heavy (non-hydrogen) atoms. The molecule has 3 nitrogen and oxygen atoms in total. The first-order chi connectivity index (χ1) is 8.24. The summed E-state index contributed by atoms with van der Waals surface area (Å²) in [7, 11) is 2.03. The van der Waals surface area contributed by atoms with Gasteiger partial charge in [-0.3, -0.25) is 4.68 Å². The van der Waals surface area contributed by atoms with Gasteiger partial charge >= 0.3 is 0 Å². The molecular weight excluding hydrogens is 210 g/mol. The molecule has 0 bridgehead atoms. The Morgan fingerprint density at radius 1 is 1.35 bits per heavy atom. The van der Waals surface area contributed by atoms with E-state index in [1.54, 1.807) is 0 Å². The molecule has 1 fully saturated rings. The van der Waals surface area contributed by atoms with Crippen LogP contribution < -0.4 is 5.32 Å². The second kappa shape index (κ2) is 3.84. The molecule has 2 heterocycles. The van der Waals surface area contributed by atoms with Crippen LogP contribution in [0.15, 0.2) is 24.3 Å². The number of nitrogens with zero attached hydrogens (tertiary/aromatic N) is 2. The topological polar surface area (TPSA) is 29.9 Å². The maximum Gasteiger partial charge on any atom is 0.0709 e. The number of para-hydroxylation sites is 1. The first-order valence-corrected chi connectivity index (χ1v) is 6.35. The van der Waals surface area contributed by atoms with Gasteiger partial charge in [-0.25, -0.2) is 0 Å². The molecule has 1 aromatic heterocycles. The highest BCUT2D eigenvalue weighted by molar-refractivity contribution is 5.81. The summed E-state index contributed by atoms with van der Waals surface area (Å²) in [5, 5.41) is 9.40. The van der Waals surface area contributed by atoms with Crippen LogP contribution in [0.3, 0.4) is 0 Å². The molecule has 3 rings (SSSR count). The van der Waals surface area contributed by atoms with Crippen molar-refractivity contribution in [3.8, 4) is 0 Å². The van der Waals surface area contributed by atoms with Crippen molar-refractivity contribution < 1.29 is 0 Å². The van der Waals surface area contributed by atoms with Gasteiger partial charge < -0.3 is 5.32 Å². The van der Waals surface area contributed by atoms with Crippen LogP contribution in [0.1, 0.15) is 19.0 Å². The molecule has 0 radical (unpaired) electrons. The molecular formula is C14H19N3. The maximum absolute atomic E-state index is 4.69. The Hall–Kier alpha value is -1.35. The fourth-order valence-corrected chi connectivity index (χ4v) is 2.75. The smallest absolute Gasteiger partial charge is 0.0709 e. The molecule has 1 aliphatic heterocycles. The van der Waals surface area contributed by atoms with Crippen LogP contribution in [0.25, 0.3) is 10.9 Å². The number of hydrogen-bond acceptors (Lipinski definition) is 2. The highest BCUT2D eigenvalue weighted by Gasteiger charge is 2.36. The molecule has 1 N–H and O–H groups in total. The van der Waals surface area contributed by atoms with E-state index in [0.717, 1.165) is 19.5 Å². The zero-order chi connectivity index (χ0) is 11.9. The molecule has 0 aliphatic carbocycles. The summed E-state index contributed by atoms with van der Waals surface area (Å²) in [5.74, 6) is 0. The van der Waals surface area contributed by atoms with Gasteiger partial charge in [-0.2, -0.15) is 5.10 Å². The van der Waals surface area contributed by atoms with Gasteiger partial charge in [0.05, 0.1) is 11.2 Å².